The van der Waals surface area contributed by atoms with Crippen molar-refractivity contribution in [2.45, 2.75) is 31.3 Å². The standard InChI is InChI=1S/C13H17ClF3NOS/c1-2-10(18)7-9-3-4-12(11(14)8-9)19-5-6-20-13(15,16)17/h3-4,8,10H,2,5-7,18H2,1H3. The van der Waals surface area contributed by atoms with Crippen LogP contribution in [0.4, 0.5) is 13.2 Å². The Kier molecular flexibility index (Phi) is 6.99. The number of alkyl halides is 3. The summed E-state index contributed by atoms with van der Waals surface area (Å²) in [7, 11) is 0. The molecular formula is C13H17ClF3NOS. The van der Waals surface area contributed by atoms with Crippen molar-refractivity contribution in [1.29, 1.82) is 0 Å². The predicted molar refractivity (Wildman–Crippen MR) is 77.4 cm³/mol. The van der Waals surface area contributed by atoms with Gasteiger partial charge in [-0.05, 0) is 42.3 Å². The largest absolute Gasteiger partial charge is 0.491 e. The van der Waals surface area contributed by atoms with Crippen molar-refractivity contribution in [3.8, 4) is 5.75 Å². The first-order valence-electron chi connectivity index (χ1n) is 6.19. The number of nitrogens with two attached hydrogens (primary N) is 1. The molecule has 0 amide bonds. The Morgan fingerprint density at radius 3 is 2.65 bits per heavy atom. The van der Waals surface area contributed by atoms with Gasteiger partial charge < -0.3 is 10.5 Å². The molecule has 7 heteroatoms. The van der Waals surface area contributed by atoms with E-state index >= 15 is 0 Å². The van der Waals surface area contributed by atoms with Crippen molar-refractivity contribution in [1.82, 2.24) is 0 Å². The van der Waals surface area contributed by atoms with Crippen LogP contribution in [0.1, 0.15) is 18.9 Å². The van der Waals surface area contributed by atoms with Gasteiger partial charge >= 0.3 is 5.51 Å². The van der Waals surface area contributed by atoms with Crippen molar-refractivity contribution >= 4 is 23.4 Å². The Bertz CT molecular complexity index is 429. The Balaban J connectivity index is 2.47. The smallest absolute Gasteiger partial charge is 0.441 e. The van der Waals surface area contributed by atoms with Crippen molar-refractivity contribution < 1.29 is 17.9 Å². The number of hydrogen-bond acceptors (Lipinski definition) is 3. The lowest BCUT2D eigenvalue weighted by Gasteiger charge is -2.12. The third kappa shape index (κ3) is 6.72. The first kappa shape index (κ1) is 17.5. The second-order valence-corrected chi connectivity index (χ2v) is 5.85. The molecule has 1 unspecified atom stereocenters. The minimum Gasteiger partial charge on any atom is -0.491 e. The van der Waals surface area contributed by atoms with E-state index in [0.717, 1.165) is 12.0 Å². The zero-order valence-electron chi connectivity index (χ0n) is 11.0. The lowest BCUT2D eigenvalue weighted by atomic mass is 10.0. The molecule has 0 saturated heterocycles. The summed E-state index contributed by atoms with van der Waals surface area (Å²) in [5.41, 5.74) is 2.61. The second kappa shape index (κ2) is 8.00. The molecule has 0 fully saturated rings. The van der Waals surface area contributed by atoms with Gasteiger partial charge in [-0.1, -0.05) is 24.6 Å². The van der Waals surface area contributed by atoms with E-state index in [0.29, 0.717) is 17.2 Å². The molecule has 2 nitrogen and oxygen atoms in total. The maximum absolute atomic E-state index is 11.9. The van der Waals surface area contributed by atoms with Gasteiger partial charge in [0, 0.05) is 11.8 Å². The van der Waals surface area contributed by atoms with Gasteiger partial charge in [0.25, 0.3) is 0 Å². The number of hydrogen-bond donors (Lipinski definition) is 1. The molecule has 0 aliphatic heterocycles. The van der Waals surface area contributed by atoms with Crippen LogP contribution < -0.4 is 10.5 Å². The van der Waals surface area contributed by atoms with Crippen LogP contribution in [0.25, 0.3) is 0 Å². The van der Waals surface area contributed by atoms with Crippen LogP contribution in [0.2, 0.25) is 5.02 Å². The maximum Gasteiger partial charge on any atom is 0.441 e. The van der Waals surface area contributed by atoms with Gasteiger partial charge in [0.15, 0.2) is 0 Å². The minimum absolute atomic E-state index is 0.0439. The van der Waals surface area contributed by atoms with Gasteiger partial charge in [-0.3, -0.25) is 0 Å². The van der Waals surface area contributed by atoms with Crippen molar-refractivity contribution in [2.24, 2.45) is 5.73 Å². The van der Waals surface area contributed by atoms with Crippen LogP contribution in [0.5, 0.6) is 5.75 Å². The summed E-state index contributed by atoms with van der Waals surface area (Å²) in [6, 6.07) is 5.30. The molecule has 1 atom stereocenters. The number of halogens is 4. The van der Waals surface area contributed by atoms with Crippen LogP contribution >= 0.6 is 23.4 Å². The molecular weight excluding hydrogens is 311 g/mol. The van der Waals surface area contributed by atoms with E-state index in [-0.39, 0.29) is 30.2 Å². The molecule has 114 valence electrons. The molecule has 0 heterocycles. The molecule has 0 aliphatic carbocycles. The summed E-state index contributed by atoms with van der Waals surface area (Å²) < 4.78 is 41.0. The summed E-state index contributed by atoms with van der Waals surface area (Å²) in [5, 5.41) is 0.391. The zero-order valence-corrected chi connectivity index (χ0v) is 12.6. The first-order chi connectivity index (χ1) is 9.31. The highest BCUT2D eigenvalue weighted by Crippen LogP contribution is 2.30. The van der Waals surface area contributed by atoms with Crippen molar-refractivity contribution in [2.75, 3.05) is 12.4 Å². The summed E-state index contributed by atoms with van der Waals surface area (Å²) in [6.45, 7) is 1.96. The average molecular weight is 328 g/mol. The highest BCUT2D eigenvalue weighted by molar-refractivity contribution is 8.00. The molecule has 1 aromatic carbocycles. The van der Waals surface area contributed by atoms with E-state index in [1.54, 1.807) is 12.1 Å². The normalized spacial score (nSPS) is 13.3. The van der Waals surface area contributed by atoms with E-state index < -0.39 is 5.51 Å². The maximum atomic E-state index is 11.9. The minimum atomic E-state index is -4.23. The highest BCUT2D eigenvalue weighted by Gasteiger charge is 2.27. The predicted octanol–water partition coefficient (Wildman–Crippen LogP) is 4.25. The molecule has 0 radical (unpaired) electrons. The Labute approximate surface area is 125 Å². The van der Waals surface area contributed by atoms with Gasteiger partial charge in [-0.15, -0.1) is 0 Å². The zero-order chi connectivity index (χ0) is 15.2. The number of ether oxygens (including phenoxy) is 1. The van der Waals surface area contributed by atoms with E-state index in [9.17, 15) is 13.2 Å². The fourth-order valence-electron chi connectivity index (χ4n) is 1.54. The molecule has 20 heavy (non-hydrogen) atoms. The van der Waals surface area contributed by atoms with Crippen LogP contribution in [-0.2, 0) is 6.42 Å². The Morgan fingerprint density at radius 1 is 1.40 bits per heavy atom. The van der Waals surface area contributed by atoms with E-state index in [1.165, 1.54) is 0 Å². The third-order valence-electron chi connectivity index (χ3n) is 2.63. The molecule has 1 rings (SSSR count). The van der Waals surface area contributed by atoms with E-state index in [2.05, 4.69) is 0 Å². The van der Waals surface area contributed by atoms with Gasteiger partial charge in [-0.2, -0.15) is 13.2 Å². The van der Waals surface area contributed by atoms with Crippen molar-refractivity contribution in [3.05, 3.63) is 28.8 Å². The van der Waals surface area contributed by atoms with E-state index in [4.69, 9.17) is 22.1 Å². The van der Waals surface area contributed by atoms with Crippen LogP contribution in [0.3, 0.4) is 0 Å². The number of rotatable bonds is 7. The molecule has 0 aromatic heterocycles. The summed E-state index contributed by atoms with van der Waals surface area (Å²) in [5.74, 6) is 0.228. The van der Waals surface area contributed by atoms with Crippen LogP contribution in [0.15, 0.2) is 18.2 Å². The van der Waals surface area contributed by atoms with Gasteiger partial charge in [0.1, 0.15) is 5.75 Å². The molecule has 0 aliphatic rings. The molecule has 2 N–H and O–H groups in total. The molecule has 0 saturated carbocycles. The highest BCUT2D eigenvalue weighted by atomic mass is 35.5. The number of thioether (sulfide) groups is 1. The van der Waals surface area contributed by atoms with Crippen molar-refractivity contribution in [3.63, 3.8) is 0 Å². The fraction of sp³-hybridized carbons (Fsp3) is 0.538. The summed E-state index contributed by atoms with van der Waals surface area (Å²) in [6.07, 6.45) is 1.57. The Morgan fingerprint density at radius 2 is 2.10 bits per heavy atom. The quantitative estimate of drug-likeness (QED) is 0.760. The number of benzene rings is 1. The lowest BCUT2D eigenvalue weighted by molar-refractivity contribution is -0.0329. The average Bonchev–Trinajstić information content (AvgIpc) is 2.35. The lowest BCUT2D eigenvalue weighted by Crippen LogP contribution is -2.21. The SMILES string of the molecule is CCC(N)Cc1ccc(OCCSC(F)(F)F)c(Cl)c1. The molecule has 0 spiro atoms. The second-order valence-electron chi connectivity index (χ2n) is 4.28. The summed E-state index contributed by atoms with van der Waals surface area (Å²) in [4.78, 5) is 0. The topological polar surface area (TPSA) is 35.2 Å². The van der Waals surface area contributed by atoms with E-state index in [1.807, 2.05) is 13.0 Å². The molecule has 1 aromatic rings. The summed E-state index contributed by atoms with van der Waals surface area (Å²) >= 11 is 5.92. The van der Waals surface area contributed by atoms with Gasteiger partial charge in [0.2, 0.25) is 0 Å². The third-order valence-corrected chi connectivity index (χ3v) is 3.62. The Hall–Kier alpha value is -0.590. The monoisotopic (exact) mass is 327 g/mol. The molecule has 0 bridgehead atoms. The first-order valence-corrected chi connectivity index (χ1v) is 7.55. The van der Waals surface area contributed by atoms with Crippen LogP contribution in [0, 0.1) is 0 Å². The van der Waals surface area contributed by atoms with Crippen LogP contribution in [-0.4, -0.2) is 23.9 Å². The van der Waals surface area contributed by atoms with Gasteiger partial charge in [0.05, 0.1) is 11.6 Å². The fourth-order valence-corrected chi connectivity index (χ4v) is 2.20. The van der Waals surface area contributed by atoms with Gasteiger partial charge in [-0.25, -0.2) is 0 Å².